The summed E-state index contributed by atoms with van der Waals surface area (Å²) in [7, 11) is 1.57. The molecule has 32 heavy (non-hydrogen) atoms. The monoisotopic (exact) mass is 468 g/mol. The number of pyridine rings is 1. The van der Waals surface area contributed by atoms with Gasteiger partial charge in [0.1, 0.15) is 11.6 Å². The normalized spacial score (nSPS) is 12.3. The van der Waals surface area contributed by atoms with Crippen LogP contribution in [-0.4, -0.2) is 56.8 Å². The molecule has 0 spiro atoms. The molecule has 1 amide bonds. The number of nitrogens with zero attached hydrogens (tertiary/aromatic N) is 5. The number of likely N-dealkylation sites (N-methyl/N-ethyl adjacent to an activating group) is 1. The van der Waals surface area contributed by atoms with Gasteiger partial charge in [-0.3, -0.25) is 4.79 Å². The molecule has 0 saturated heterocycles. The third-order valence-electron chi connectivity index (χ3n) is 4.65. The van der Waals surface area contributed by atoms with Crippen LogP contribution in [0.2, 0.25) is 5.02 Å². The predicted molar refractivity (Wildman–Crippen MR) is 112 cm³/mol. The molecule has 1 aromatic carbocycles. The maximum Gasteiger partial charge on any atom is 0.573 e. The highest BCUT2D eigenvalue weighted by Gasteiger charge is 2.32. The first-order valence-electron chi connectivity index (χ1n) is 9.57. The molecule has 0 saturated carbocycles. The molecule has 1 atom stereocenters. The summed E-state index contributed by atoms with van der Waals surface area (Å²) in [5.41, 5.74) is 0.192. The first-order chi connectivity index (χ1) is 15.2. The van der Waals surface area contributed by atoms with Gasteiger partial charge in [0.15, 0.2) is 0 Å². The Balaban J connectivity index is 1.85. The number of carbonyl (C=O) groups is 1. The summed E-state index contributed by atoms with van der Waals surface area (Å²) in [4.78, 5) is 20.1. The number of alkyl halides is 3. The molecular weight excluding hydrogens is 449 g/mol. The lowest BCUT2D eigenvalue weighted by Crippen LogP contribution is -2.41. The number of hydrogen-bond acceptors (Lipinski definition) is 6. The zero-order chi connectivity index (χ0) is 23.3. The molecule has 3 aromatic rings. The van der Waals surface area contributed by atoms with Crippen molar-refractivity contribution in [2.45, 2.75) is 25.7 Å². The van der Waals surface area contributed by atoms with Crippen molar-refractivity contribution in [2.24, 2.45) is 0 Å². The zero-order valence-electron chi connectivity index (χ0n) is 17.2. The summed E-state index contributed by atoms with van der Waals surface area (Å²) < 4.78 is 42.1. The van der Waals surface area contributed by atoms with Gasteiger partial charge in [-0.25, -0.2) is 4.98 Å². The molecule has 0 unspecified atom stereocenters. The second-order valence-electron chi connectivity index (χ2n) is 6.77. The van der Waals surface area contributed by atoms with Gasteiger partial charge >= 0.3 is 6.36 Å². The summed E-state index contributed by atoms with van der Waals surface area (Å²) in [6.07, 6.45) is -0.0166. The average molecular weight is 469 g/mol. The molecule has 0 fully saturated rings. The number of anilines is 1. The van der Waals surface area contributed by atoms with E-state index in [1.165, 1.54) is 29.6 Å². The second kappa shape index (κ2) is 9.86. The van der Waals surface area contributed by atoms with Crippen molar-refractivity contribution >= 4 is 23.3 Å². The molecule has 0 aliphatic heterocycles. The van der Waals surface area contributed by atoms with E-state index in [4.69, 9.17) is 11.6 Å². The second-order valence-corrected chi connectivity index (χ2v) is 7.20. The largest absolute Gasteiger partial charge is 0.573 e. The Labute approximate surface area is 186 Å². The van der Waals surface area contributed by atoms with Crippen molar-refractivity contribution in [1.82, 2.24) is 24.9 Å². The van der Waals surface area contributed by atoms with Crippen LogP contribution in [0.3, 0.4) is 0 Å². The van der Waals surface area contributed by atoms with Gasteiger partial charge < -0.3 is 15.0 Å². The summed E-state index contributed by atoms with van der Waals surface area (Å²) in [5, 5.41) is 11.6. The van der Waals surface area contributed by atoms with E-state index in [0.29, 0.717) is 23.8 Å². The number of halogens is 4. The number of hydrogen-bond donors (Lipinski definition) is 1. The molecule has 0 aliphatic carbocycles. The van der Waals surface area contributed by atoms with E-state index in [9.17, 15) is 18.0 Å². The van der Waals surface area contributed by atoms with Crippen molar-refractivity contribution in [3.63, 3.8) is 0 Å². The van der Waals surface area contributed by atoms with Gasteiger partial charge in [-0.15, -0.1) is 13.2 Å². The highest BCUT2D eigenvalue weighted by atomic mass is 35.5. The molecule has 0 radical (unpaired) electrons. The molecule has 0 aliphatic rings. The molecule has 8 nitrogen and oxygen atoms in total. The molecular formula is C20H20ClF3N6O2. The first kappa shape index (κ1) is 23.3. The minimum absolute atomic E-state index is 0.0338. The van der Waals surface area contributed by atoms with Gasteiger partial charge in [-0.2, -0.15) is 15.0 Å². The van der Waals surface area contributed by atoms with E-state index < -0.39 is 18.0 Å². The standard InChI is InChI=1S/C20H20ClF3N6O2/c1-3-14(12-26-18-7-4-13(21)11-25-18)29(2)19(31)16-10-15(32-20(22,23)24)5-6-17(16)30-27-8-9-28-30/h4-11,14H,3,12H2,1-2H3,(H,25,26)/t14-/m0/s1. The van der Waals surface area contributed by atoms with Gasteiger partial charge in [0.25, 0.3) is 5.91 Å². The van der Waals surface area contributed by atoms with Crippen LogP contribution >= 0.6 is 11.6 Å². The van der Waals surface area contributed by atoms with Crippen molar-refractivity contribution in [3.05, 3.63) is 59.5 Å². The topological polar surface area (TPSA) is 85.2 Å². The van der Waals surface area contributed by atoms with Crippen LogP contribution in [0.1, 0.15) is 23.7 Å². The summed E-state index contributed by atoms with van der Waals surface area (Å²) in [5.74, 6) is -0.444. The van der Waals surface area contributed by atoms with Crippen LogP contribution in [0.4, 0.5) is 19.0 Å². The molecule has 3 rings (SSSR count). The van der Waals surface area contributed by atoms with E-state index >= 15 is 0 Å². The molecule has 2 aromatic heterocycles. The Bertz CT molecular complexity index is 1040. The summed E-state index contributed by atoms with van der Waals surface area (Å²) >= 11 is 5.84. The van der Waals surface area contributed by atoms with Crippen LogP contribution < -0.4 is 10.1 Å². The van der Waals surface area contributed by atoms with Crippen molar-refractivity contribution in [3.8, 4) is 11.4 Å². The molecule has 0 bridgehead atoms. The maximum absolute atomic E-state index is 13.3. The SMILES string of the molecule is CC[C@@H](CNc1ccc(Cl)cn1)N(C)C(=O)c1cc(OC(F)(F)F)ccc1-n1nccn1. The fraction of sp³-hybridized carbons (Fsp3) is 0.300. The third-order valence-corrected chi connectivity index (χ3v) is 4.88. The van der Waals surface area contributed by atoms with E-state index in [-0.39, 0.29) is 17.3 Å². The summed E-state index contributed by atoms with van der Waals surface area (Å²) in [6.45, 7) is 2.26. The summed E-state index contributed by atoms with van der Waals surface area (Å²) in [6, 6.07) is 6.54. The average Bonchev–Trinajstić information content (AvgIpc) is 3.28. The number of ether oxygens (including phenoxy) is 1. The smallest absolute Gasteiger partial charge is 0.406 e. The number of aromatic nitrogens is 4. The first-order valence-corrected chi connectivity index (χ1v) is 9.94. The molecule has 12 heteroatoms. The van der Waals surface area contributed by atoms with Gasteiger partial charge in [0.05, 0.1) is 28.7 Å². The number of nitrogens with one attached hydrogen (secondary N) is 1. The van der Waals surface area contributed by atoms with E-state index in [0.717, 1.165) is 16.9 Å². The van der Waals surface area contributed by atoms with E-state index in [2.05, 4.69) is 25.2 Å². The van der Waals surface area contributed by atoms with Crippen molar-refractivity contribution in [2.75, 3.05) is 18.9 Å². The lowest BCUT2D eigenvalue weighted by Gasteiger charge is -2.28. The Morgan fingerprint density at radius 3 is 2.56 bits per heavy atom. The van der Waals surface area contributed by atoms with Gasteiger partial charge in [0, 0.05) is 25.8 Å². The fourth-order valence-electron chi connectivity index (χ4n) is 3.01. The zero-order valence-corrected chi connectivity index (χ0v) is 17.9. The molecule has 2 heterocycles. The fourth-order valence-corrected chi connectivity index (χ4v) is 3.12. The van der Waals surface area contributed by atoms with Crippen LogP contribution in [-0.2, 0) is 0 Å². The van der Waals surface area contributed by atoms with Crippen molar-refractivity contribution in [1.29, 1.82) is 0 Å². The number of amides is 1. The Hall–Kier alpha value is -3.34. The van der Waals surface area contributed by atoms with E-state index in [1.54, 1.807) is 19.2 Å². The Morgan fingerprint density at radius 1 is 1.25 bits per heavy atom. The quantitative estimate of drug-likeness (QED) is 0.534. The van der Waals surface area contributed by atoms with Gasteiger partial charge in [0.2, 0.25) is 0 Å². The number of carbonyl (C=O) groups excluding carboxylic acids is 1. The maximum atomic E-state index is 13.3. The predicted octanol–water partition coefficient (Wildman–Crippen LogP) is 4.18. The van der Waals surface area contributed by atoms with Crippen LogP contribution in [0.25, 0.3) is 5.69 Å². The number of rotatable bonds is 8. The van der Waals surface area contributed by atoms with Gasteiger partial charge in [-0.1, -0.05) is 18.5 Å². The number of benzene rings is 1. The Morgan fingerprint density at radius 2 is 1.97 bits per heavy atom. The van der Waals surface area contributed by atoms with Crippen molar-refractivity contribution < 1.29 is 22.7 Å². The minimum Gasteiger partial charge on any atom is -0.406 e. The molecule has 1 N–H and O–H groups in total. The highest BCUT2D eigenvalue weighted by molar-refractivity contribution is 6.30. The van der Waals surface area contributed by atoms with Gasteiger partial charge in [-0.05, 0) is 36.8 Å². The minimum atomic E-state index is -4.89. The lowest BCUT2D eigenvalue weighted by molar-refractivity contribution is -0.274. The van der Waals surface area contributed by atoms with E-state index in [1.807, 2.05) is 6.92 Å². The third kappa shape index (κ3) is 5.88. The lowest BCUT2D eigenvalue weighted by atomic mass is 10.1. The molecule has 170 valence electrons. The van der Waals surface area contributed by atoms with Crippen LogP contribution in [0.5, 0.6) is 5.75 Å². The van der Waals surface area contributed by atoms with Crippen LogP contribution in [0, 0.1) is 0 Å². The highest BCUT2D eigenvalue weighted by Crippen LogP contribution is 2.27. The Kier molecular flexibility index (Phi) is 7.18. The van der Waals surface area contributed by atoms with Crippen LogP contribution in [0.15, 0.2) is 48.9 Å².